The number of anilines is 2. The molecule has 4 aliphatic heterocycles. The molecule has 58 heavy (non-hydrogen) atoms. The number of fused-ring (bicyclic) bond motifs is 1. The predicted molar refractivity (Wildman–Crippen MR) is 215 cm³/mol. The molecule has 6 amide bonds. The molecule has 4 aliphatic rings. The first kappa shape index (κ1) is 40.9. The number of nitrogens with one attached hydrogen (secondary N) is 3. The highest BCUT2D eigenvalue weighted by atomic mass is 79.9. The van der Waals surface area contributed by atoms with E-state index in [2.05, 4.69) is 53.8 Å². The Morgan fingerprint density at radius 2 is 1.69 bits per heavy atom. The molecule has 3 aromatic rings. The van der Waals surface area contributed by atoms with Gasteiger partial charge in [0.15, 0.2) is 0 Å². The average Bonchev–Trinajstić information content (AvgIpc) is 3.47. The number of imide groups is 2. The van der Waals surface area contributed by atoms with Crippen molar-refractivity contribution in [2.75, 3.05) is 76.7 Å². The number of carbonyl (C=O) groups is 6. The second-order valence-corrected chi connectivity index (χ2v) is 15.9. The minimum absolute atomic E-state index is 0.00409. The Bertz CT molecular complexity index is 2170. The zero-order chi connectivity index (χ0) is 41.1. The van der Waals surface area contributed by atoms with Gasteiger partial charge < -0.3 is 25.2 Å². The average molecular weight is 861 g/mol. The summed E-state index contributed by atoms with van der Waals surface area (Å²) in [4.78, 5) is 96.1. The van der Waals surface area contributed by atoms with Crippen LogP contribution in [0.5, 0.6) is 0 Å². The van der Waals surface area contributed by atoms with Crippen LogP contribution in [0.4, 0.5) is 11.4 Å². The van der Waals surface area contributed by atoms with E-state index >= 15 is 0 Å². The van der Waals surface area contributed by atoms with Crippen molar-refractivity contribution in [1.82, 2.24) is 34.7 Å². The van der Waals surface area contributed by atoms with Gasteiger partial charge in [0, 0.05) is 70.9 Å². The lowest BCUT2D eigenvalue weighted by Gasteiger charge is -2.37. The molecule has 17 nitrogen and oxygen atoms in total. The summed E-state index contributed by atoms with van der Waals surface area (Å²) in [5, 5.41) is 12.5. The fourth-order valence-electron chi connectivity index (χ4n) is 8.04. The Hall–Kier alpha value is -5.30. The van der Waals surface area contributed by atoms with Gasteiger partial charge in [-0.3, -0.25) is 48.7 Å². The number of ether oxygens (including phenoxy) is 1. The number of hydrogen-bond donors (Lipinski definition) is 3. The number of nitrogens with zero attached hydrogens (tertiary/aromatic N) is 6. The maximum absolute atomic E-state index is 13.4. The van der Waals surface area contributed by atoms with Crippen LogP contribution in [0.25, 0.3) is 0 Å². The monoisotopic (exact) mass is 859 g/mol. The van der Waals surface area contributed by atoms with Gasteiger partial charge >= 0.3 is 0 Å². The molecular formula is C40H46BrN9O8. The summed E-state index contributed by atoms with van der Waals surface area (Å²) in [5.41, 5.74) is 2.56. The molecule has 3 fully saturated rings. The second-order valence-electron chi connectivity index (χ2n) is 15.1. The fourth-order valence-corrected chi connectivity index (χ4v) is 8.52. The van der Waals surface area contributed by atoms with Crippen LogP contribution in [-0.2, 0) is 26.2 Å². The zero-order valence-electron chi connectivity index (χ0n) is 32.4. The van der Waals surface area contributed by atoms with Gasteiger partial charge in [0.05, 0.1) is 48.3 Å². The third kappa shape index (κ3) is 8.89. The Morgan fingerprint density at radius 3 is 2.43 bits per heavy atom. The van der Waals surface area contributed by atoms with Crippen LogP contribution in [0.1, 0.15) is 68.2 Å². The van der Waals surface area contributed by atoms with E-state index in [0.717, 1.165) is 30.0 Å². The quantitative estimate of drug-likeness (QED) is 0.176. The van der Waals surface area contributed by atoms with Crippen LogP contribution < -0.4 is 21.5 Å². The second kappa shape index (κ2) is 17.7. The van der Waals surface area contributed by atoms with Gasteiger partial charge in [0.2, 0.25) is 17.7 Å². The van der Waals surface area contributed by atoms with Crippen molar-refractivity contribution < 1.29 is 33.5 Å². The van der Waals surface area contributed by atoms with Gasteiger partial charge in [-0.25, -0.2) is 4.68 Å². The number of aromatic nitrogens is 2. The lowest BCUT2D eigenvalue weighted by atomic mass is 9.87. The number of halogens is 1. The number of benzene rings is 2. The van der Waals surface area contributed by atoms with E-state index < -0.39 is 35.6 Å². The van der Waals surface area contributed by atoms with E-state index in [1.54, 1.807) is 19.3 Å². The number of carbonyl (C=O) groups excluding carboxylic acids is 6. The topological polar surface area (TPSA) is 196 Å². The molecule has 5 heterocycles. The van der Waals surface area contributed by atoms with Crippen molar-refractivity contribution in [3.63, 3.8) is 0 Å². The molecule has 1 aromatic heterocycles. The summed E-state index contributed by atoms with van der Waals surface area (Å²) in [5.74, 6) is -2.65. The van der Waals surface area contributed by atoms with Crippen LogP contribution in [0.15, 0.2) is 57.9 Å². The normalized spacial score (nSPS) is 21.5. The molecule has 0 radical (unpaired) electrons. The van der Waals surface area contributed by atoms with Gasteiger partial charge in [0.1, 0.15) is 10.5 Å². The van der Waals surface area contributed by atoms with Gasteiger partial charge in [-0.2, -0.15) is 5.10 Å². The summed E-state index contributed by atoms with van der Waals surface area (Å²) >= 11 is 3.41. The van der Waals surface area contributed by atoms with E-state index in [0.29, 0.717) is 55.1 Å². The Kier molecular flexibility index (Phi) is 12.5. The minimum Gasteiger partial charge on any atom is -0.380 e. The molecule has 0 saturated carbocycles. The first-order chi connectivity index (χ1) is 27.9. The van der Waals surface area contributed by atoms with Crippen molar-refractivity contribution in [3.8, 4) is 0 Å². The number of amides is 6. The van der Waals surface area contributed by atoms with E-state index in [-0.39, 0.29) is 66.1 Å². The van der Waals surface area contributed by atoms with E-state index in [1.165, 1.54) is 16.8 Å². The highest BCUT2D eigenvalue weighted by molar-refractivity contribution is 9.10. The summed E-state index contributed by atoms with van der Waals surface area (Å²) in [6.07, 6.45) is 2.60. The number of rotatable bonds is 12. The van der Waals surface area contributed by atoms with E-state index in [9.17, 15) is 33.6 Å². The number of likely N-dealkylation sites (N-methyl/N-ethyl adjacent to an activating group) is 1. The van der Waals surface area contributed by atoms with Crippen molar-refractivity contribution in [3.05, 3.63) is 85.7 Å². The van der Waals surface area contributed by atoms with Crippen molar-refractivity contribution in [1.29, 1.82) is 0 Å². The van der Waals surface area contributed by atoms with Gasteiger partial charge in [-0.15, -0.1) is 0 Å². The molecule has 0 spiro atoms. The van der Waals surface area contributed by atoms with Gasteiger partial charge in [-0.05, 0) is 71.6 Å². The molecule has 0 bridgehead atoms. The molecule has 7 rings (SSSR count). The molecule has 2 aromatic carbocycles. The molecule has 1 unspecified atom stereocenters. The number of hydrogen-bond acceptors (Lipinski definition) is 12. The van der Waals surface area contributed by atoms with Gasteiger partial charge in [0.25, 0.3) is 23.3 Å². The smallest absolute Gasteiger partial charge is 0.282 e. The lowest BCUT2D eigenvalue weighted by Crippen LogP contribution is -2.54. The Morgan fingerprint density at radius 1 is 0.931 bits per heavy atom. The number of aryl methyl sites for hydroxylation is 1. The van der Waals surface area contributed by atoms with E-state index in [1.807, 2.05) is 29.2 Å². The third-order valence-corrected chi connectivity index (χ3v) is 11.9. The summed E-state index contributed by atoms with van der Waals surface area (Å²) in [7, 11) is 3.70. The number of piperazine rings is 1. The fraction of sp³-hybridized carbons (Fsp3) is 0.450. The van der Waals surface area contributed by atoms with Crippen LogP contribution in [-0.4, -0.2) is 143 Å². The maximum atomic E-state index is 13.4. The maximum Gasteiger partial charge on any atom is 0.282 e. The summed E-state index contributed by atoms with van der Waals surface area (Å²) in [6, 6.07) is 11.5. The highest BCUT2D eigenvalue weighted by Crippen LogP contribution is 2.33. The Balaban J connectivity index is 0.819. The van der Waals surface area contributed by atoms with Crippen LogP contribution in [0.2, 0.25) is 0 Å². The molecule has 3 atom stereocenters. The van der Waals surface area contributed by atoms with Crippen molar-refractivity contribution >= 4 is 62.7 Å². The molecule has 0 aliphatic carbocycles. The van der Waals surface area contributed by atoms with Crippen LogP contribution in [0.3, 0.4) is 0 Å². The number of piperidine rings is 2. The van der Waals surface area contributed by atoms with Crippen molar-refractivity contribution in [2.24, 2.45) is 7.05 Å². The highest BCUT2D eigenvalue weighted by Gasteiger charge is 2.45. The third-order valence-electron chi connectivity index (χ3n) is 11.1. The molecular weight excluding hydrogens is 814 g/mol. The minimum atomic E-state index is -1.10. The SMILES string of the molecule is CN1C[C@H](Nc2cnn(C)c(=O)c2Br)C[C@H](c2ccc(C(=O)N3CCN(CCOCCC(=O)Nc4cccc5c4C(=O)N(C4CCC(=O)NC4=O)C5=O)CC3)cc2)C1. The van der Waals surface area contributed by atoms with Crippen LogP contribution >= 0.6 is 15.9 Å². The molecule has 18 heteroatoms. The predicted octanol–water partition coefficient (Wildman–Crippen LogP) is 1.65. The zero-order valence-corrected chi connectivity index (χ0v) is 34.0. The van der Waals surface area contributed by atoms with Crippen molar-refractivity contribution in [2.45, 2.75) is 43.7 Å². The largest absolute Gasteiger partial charge is 0.380 e. The molecule has 3 saturated heterocycles. The summed E-state index contributed by atoms with van der Waals surface area (Å²) in [6.45, 7) is 5.43. The summed E-state index contributed by atoms with van der Waals surface area (Å²) < 4.78 is 7.50. The standard InChI is InChI=1S/C40H46BrN9O8/c1-46-22-26(20-27(23-46)43-30-21-42-47(2)40(57)35(30)41)24-6-8-25(9-7-24)37(54)49-15-13-48(14-16-49)17-19-58-18-12-33(52)44-29-5-3-4-28-34(29)39(56)50(38(28)55)31-10-11-32(51)45-36(31)53/h3-9,21,26-27,31,43H,10-20,22-23H2,1-2H3,(H,44,52)(H,45,51,53)/t26-,27+,31?/m0/s1. The lowest BCUT2D eigenvalue weighted by molar-refractivity contribution is -0.136. The van der Waals surface area contributed by atoms with Gasteiger partial charge in [-0.1, -0.05) is 18.2 Å². The van der Waals surface area contributed by atoms with E-state index in [4.69, 9.17) is 4.74 Å². The van der Waals surface area contributed by atoms with Crippen LogP contribution in [0, 0.1) is 0 Å². The Labute approximate surface area is 343 Å². The first-order valence-electron chi connectivity index (χ1n) is 19.4. The molecule has 306 valence electrons. The first-order valence-corrected chi connectivity index (χ1v) is 20.2. The molecule has 3 N–H and O–H groups in total. The number of likely N-dealkylation sites (tertiary alicyclic amines) is 1.